The van der Waals surface area contributed by atoms with Crippen molar-refractivity contribution in [1.29, 1.82) is 0 Å². The molecule has 0 bridgehead atoms. The van der Waals surface area contributed by atoms with Crippen LogP contribution in [0.4, 0.5) is 0 Å². The Labute approximate surface area is 276 Å². The van der Waals surface area contributed by atoms with E-state index in [1.807, 2.05) is 113 Å². The number of esters is 1. The minimum absolute atomic E-state index is 0.105. The van der Waals surface area contributed by atoms with E-state index in [2.05, 4.69) is 20.6 Å². The molecule has 0 radical (unpaired) electrons. The van der Waals surface area contributed by atoms with E-state index in [4.69, 9.17) is 10.5 Å². The molecule has 1 amide bonds. The maximum absolute atomic E-state index is 12.9. The Morgan fingerprint density at radius 1 is 0.872 bits per heavy atom. The van der Waals surface area contributed by atoms with E-state index in [9.17, 15) is 19.5 Å². The van der Waals surface area contributed by atoms with E-state index in [-0.39, 0.29) is 30.3 Å². The number of carbonyl (C=O) groups excluding carboxylic acids is 2. The van der Waals surface area contributed by atoms with E-state index >= 15 is 0 Å². The Morgan fingerprint density at radius 3 is 2.06 bits per heavy atom. The first-order chi connectivity index (χ1) is 22.5. The molecule has 11 nitrogen and oxygen atoms in total. The van der Waals surface area contributed by atoms with Gasteiger partial charge < -0.3 is 20.5 Å². The van der Waals surface area contributed by atoms with Crippen LogP contribution in [-0.2, 0) is 32.3 Å². The summed E-state index contributed by atoms with van der Waals surface area (Å²) in [5, 5.41) is 24.0. The van der Waals surface area contributed by atoms with Gasteiger partial charge in [0, 0.05) is 18.5 Å². The van der Waals surface area contributed by atoms with Crippen molar-refractivity contribution in [2.24, 2.45) is 17.6 Å². The summed E-state index contributed by atoms with van der Waals surface area (Å²) in [5.74, 6) is -1.02. The average Bonchev–Trinajstić information content (AvgIpc) is 3.61. The van der Waals surface area contributed by atoms with E-state index in [1.165, 1.54) is 4.90 Å². The van der Waals surface area contributed by atoms with Gasteiger partial charge in [-0.05, 0) is 45.7 Å². The first-order valence-corrected chi connectivity index (χ1v) is 15.9. The number of aliphatic carboxylic acids is 1. The van der Waals surface area contributed by atoms with Crippen molar-refractivity contribution in [3.05, 3.63) is 90.0 Å². The molecule has 4 rings (SSSR count). The highest BCUT2D eigenvalue weighted by atomic mass is 16.5. The van der Waals surface area contributed by atoms with Gasteiger partial charge in [-0.15, -0.1) is 10.2 Å². The van der Waals surface area contributed by atoms with Crippen LogP contribution in [0.3, 0.4) is 0 Å². The molecule has 4 N–H and O–H groups in total. The van der Waals surface area contributed by atoms with Crippen LogP contribution in [0.25, 0.3) is 22.5 Å². The largest absolute Gasteiger partial charge is 0.480 e. The molecule has 11 heteroatoms. The fourth-order valence-corrected chi connectivity index (χ4v) is 4.88. The molecule has 0 saturated heterocycles. The molecule has 1 unspecified atom stereocenters. The number of aromatic amines is 1. The summed E-state index contributed by atoms with van der Waals surface area (Å²) in [6, 6.07) is 23.7. The zero-order valence-corrected chi connectivity index (χ0v) is 27.8. The molecular formula is C36H46N6O5. The van der Waals surface area contributed by atoms with Gasteiger partial charge in [0.15, 0.2) is 0 Å². The second-order valence-electron chi connectivity index (χ2n) is 12.0. The van der Waals surface area contributed by atoms with Crippen molar-refractivity contribution >= 4 is 17.8 Å². The Bertz CT molecular complexity index is 1540. The minimum atomic E-state index is -0.976. The van der Waals surface area contributed by atoms with E-state index in [0.717, 1.165) is 40.7 Å². The Hall–Kier alpha value is -4.90. The number of carboxylic acid groups (broad SMARTS) is 1. The summed E-state index contributed by atoms with van der Waals surface area (Å²) in [6.45, 7) is 10.0. The molecule has 3 aromatic carbocycles. The van der Waals surface area contributed by atoms with Gasteiger partial charge in [0.1, 0.15) is 18.7 Å². The quantitative estimate of drug-likeness (QED) is 0.143. The smallest absolute Gasteiger partial charge is 0.326 e. The number of nitrogens with one attached hydrogen (secondary N) is 1. The molecule has 0 aliphatic carbocycles. The molecule has 4 aromatic rings. The molecule has 1 heterocycles. The van der Waals surface area contributed by atoms with Gasteiger partial charge in [0.25, 0.3) is 0 Å². The molecule has 47 heavy (non-hydrogen) atoms. The lowest BCUT2D eigenvalue weighted by Gasteiger charge is -2.32. The molecule has 0 spiro atoms. The second-order valence-corrected chi connectivity index (χ2v) is 12.0. The Kier molecular flexibility index (Phi) is 14.2. The van der Waals surface area contributed by atoms with Crippen LogP contribution in [-0.4, -0.2) is 60.6 Å². The number of unbranched alkanes of at least 4 members (excludes halogenated alkanes) is 1. The first kappa shape index (κ1) is 36.6. The van der Waals surface area contributed by atoms with Crippen molar-refractivity contribution in [2.45, 2.75) is 79.1 Å². The molecular weight excluding hydrogens is 596 g/mol. The van der Waals surface area contributed by atoms with Crippen LogP contribution >= 0.6 is 0 Å². The van der Waals surface area contributed by atoms with Crippen LogP contribution in [0.5, 0.6) is 0 Å². The second kappa shape index (κ2) is 18.3. The van der Waals surface area contributed by atoms with Crippen LogP contribution in [0.1, 0.15) is 65.0 Å². The topological polar surface area (TPSA) is 164 Å². The zero-order valence-electron chi connectivity index (χ0n) is 27.8. The molecule has 0 aliphatic heterocycles. The van der Waals surface area contributed by atoms with Crippen LogP contribution < -0.4 is 5.73 Å². The fraction of sp³-hybridized carbons (Fsp3) is 0.389. The van der Waals surface area contributed by atoms with Gasteiger partial charge in [-0.2, -0.15) is 5.21 Å². The normalized spacial score (nSPS) is 12.2. The number of carbonyl (C=O) groups is 3. The highest BCUT2D eigenvalue weighted by molar-refractivity contribution is 5.84. The lowest BCUT2D eigenvalue weighted by Crippen LogP contribution is -2.47. The Morgan fingerprint density at radius 2 is 1.51 bits per heavy atom. The van der Waals surface area contributed by atoms with E-state index in [0.29, 0.717) is 18.9 Å². The Balaban J connectivity index is 0.000000335. The number of amides is 1. The zero-order chi connectivity index (χ0) is 34.3. The minimum Gasteiger partial charge on any atom is -0.480 e. The number of hydrogen-bond acceptors (Lipinski definition) is 8. The number of ether oxygens (including phenoxy) is 1. The molecule has 2 atom stereocenters. The maximum atomic E-state index is 12.9. The monoisotopic (exact) mass is 642 g/mol. The summed E-state index contributed by atoms with van der Waals surface area (Å²) in [4.78, 5) is 37.7. The predicted molar refractivity (Wildman–Crippen MR) is 180 cm³/mol. The van der Waals surface area contributed by atoms with Crippen LogP contribution in [0.15, 0.2) is 78.9 Å². The van der Waals surface area contributed by atoms with Crippen molar-refractivity contribution in [1.82, 2.24) is 25.5 Å². The highest BCUT2D eigenvalue weighted by Crippen LogP contribution is 2.30. The molecule has 0 fully saturated rings. The summed E-state index contributed by atoms with van der Waals surface area (Å²) in [5.41, 5.74) is 10.3. The first-order valence-electron chi connectivity index (χ1n) is 15.9. The fourth-order valence-electron chi connectivity index (χ4n) is 4.88. The van der Waals surface area contributed by atoms with Gasteiger partial charge in [-0.3, -0.25) is 9.59 Å². The summed E-state index contributed by atoms with van der Waals surface area (Å²) >= 11 is 0. The van der Waals surface area contributed by atoms with Crippen molar-refractivity contribution < 1.29 is 24.2 Å². The number of hydrogen-bond donors (Lipinski definition) is 3. The van der Waals surface area contributed by atoms with Gasteiger partial charge in [0.05, 0.1) is 0 Å². The summed E-state index contributed by atoms with van der Waals surface area (Å²) < 4.78 is 5.09. The number of aromatic nitrogens is 4. The number of rotatable bonds is 14. The average molecular weight is 643 g/mol. The SMILES string of the molecule is CC(C)C(N)C(=O)OCc1ccccc1.CCCCC(=O)N(Cc1ccc(-c2ccccc2-c2nn[nH]n2)cc1)[C@H](C(=O)O)C(C)C. The molecule has 0 saturated carbocycles. The number of H-pyrrole nitrogens is 1. The van der Waals surface area contributed by atoms with E-state index < -0.39 is 18.1 Å². The number of tetrazole rings is 1. The summed E-state index contributed by atoms with van der Waals surface area (Å²) in [7, 11) is 0. The molecule has 0 aliphatic rings. The lowest BCUT2D eigenvalue weighted by atomic mass is 9.97. The summed E-state index contributed by atoms with van der Waals surface area (Å²) in [6.07, 6.45) is 1.97. The highest BCUT2D eigenvalue weighted by Gasteiger charge is 2.32. The third-order valence-electron chi connectivity index (χ3n) is 7.63. The number of carboxylic acids is 1. The van der Waals surface area contributed by atoms with Gasteiger partial charge in [0.2, 0.25) is 11.7 Å². The van der Waals surface area contributed by atoms with Crippen molar-refractivity contribution in [3.8, 4) is 22.5 Å². The van der Waals surface area contributed by atoms with Crippen molar-refractivity contribution in [3.63, 3.8) is 0 Å². The number of nitrogens with zero attached hydrogens (tertiary/aromatic N) is 4. The molecule has 1 aromatic heterocycles. The van der Waals surface area contributed by atoms with Crippen molar-refractivity contribution in [2.75, 3.05) is 0 Å². The lowest BCUT2D eigenvalue weighted by molar-refractivity contribution is -0.153. The number of nitrogens with two attached hydrogens (primary N) is 1. The molecule has 250 valence electrons. The van der Waals surface area contributed by atoms with Gasteiger partial charge in [-0.1, -0.05) is 120 Å². The van der Waals surface area contributed by atoms with Crippen LogP contribution in [0, 0.1) is 11.8 Å². The van der Waals surface area contributed by atoms with Gasteiger partial charge >= 0.3 is 11.9 Å². The van der Waals surface area contributed by atoms with Gasteiger partial charge in [-0.25, -0.2) is 4.79 Å². The predicted octanol–water partition coefficient (Wildman–Crippen LogP) is 5.87. The van der Waals surface area contributed by atoms with E-state index in [1.54, 1.807) is 0 Å². The third-order valence-corrected chi connectivity index (χ3v) is 7.63. The maximum Gasteiger partial charge on any atom is 0.326 e. The standard InChI is InChI=1S/C24H29N5O3.C12H17NO2/c1-4-5-10-21(30)29(22(16(2)3)24(31)32)15-17-11-13-18(14-12-17)19-8-6-7-9-20(19)23-25-27-28-26-23;1-9(2)11(13)12(14)15-8-10-6-4-3-5-7-10/h6-9,11-14,16,22H,4-5,10,15H2,1-3H3,(H,31,32)(H,25,26,27,28);3-7,9,11H,8,13H2,1-2H3/t22-;/m0./s1. The van der Waals surface area contributed by atoms with Crippen LogP contribution in [0.2, 0.25) is 0 Å². The third kappa shape index (κ3) is 10.8. The number of benzene rings is 3.